The average Bonchev–Trinajstić information content (AvgIpc) is 2.66. The fourth-order valence-corrected chi connectivity index (χ4v) is 2.23. The minimum Gasteiger partial charge on any atom is -0.358 e. The molecule has 0 saturated carbocycles. The minimum atomic E-state index is 0.452. The van der Waals surface area contributed by atoms with Crippen molar-refractivity contribution in [3.8, 4) is 0 Å². The van der Waals surface area contributed by atoms with Crippen molar-refractivity contribution in [2.75, 3.05) is 5.32 Å². The summed E-state index contributed by atoms with van der Waals surface area (Å²) in [4.78, 5) is 0. The maximum absolute atomic E-state index is 4.16. The van der Waals surface area contributed by atoms with Crippen molar-refractivity contribution in [2.45, 2.75) is 52.0 Å². The molecule has 0 aliphatic rings. The van der Waals surface area contributed by atoms with Gasteiger partial charge < -0.3 is 5.32 Å². The molecule has 1 rings (SSSR count). The Balaban J connectivity index is 2.37. The predicted molar refractivity (Wildman–Crippen MR) is 71.1 cm³/mol. The molecule has 1 aromatic heterocycles. The van der Waals surface area contributed by atoms with E-state index in [1.54, 1.807) is 11.3 Å². The van der Waals surface area contributed by atoms with E-state index >= 15 is 0 Å². The summed E-state index contributed by atoms with van der Waals surface area (Å²) in [5, 5.41) is 13.7. The number of nitrogens with one attached hydrogen (secondary N) is 1. The Kier molecular flexibility index (Phi) is 5.46. The zero-order chi connectivity index (χ0) is 12.0. The van der Waals surface area contributed by atoms with Crippen LogP contribution in [0.25, 0.3) is 0 Å². The molecule has 0 saturated heterocycles. The van der Waals surface area contributed by atoms with E-state index in [9.17, 15) is 0 Å². The summed E-state index contributed by atoms with van der Waals surface area (Å²) in [7, 11) is 0. The van der Waals surface area contributed by atoms with Gasteiger partial charge in [0.05, 0.1) is 0 Å². The van der Waals surface area contributed by atoms with Gasteiger partial charge in [-0.1, -0.05) is 31.3 Å². The van der Waals surface area contributed by atoms with E-state index in [2.05, 4.69) is 42.9 Å². The predicted octanol–water partition coefficient (Wildman–Crippen LogP) is 3.82. The lowest BCUT2D eigenvalue weighted by atomic mass is 10.1. The molecule has 0 aromatic carbocycles. The summed E-state index contributed by atoms with van der Waals surface area (Å²) in [5.41, 5.74) is 0. The fraction of sp³-hybridized carbons (Fsp3) is 0.667. The summed E-state index contributed by atoms with van der Waals surface area (Å²) in [6, 6.07) is 0.452. The number of nitrogens with zero attached hydrogens (tertiary/aromatic N) is 2. The Hall–Kier alpha value is -0.900. The number of aromatic nitrogens is 2. The van der Waals surface area contributed by atoms with Gasteiger partial charge >= 0.3 is 0 Å². The fourth-order valence-electron chi connectivity index (χ4n) is 1.38. The molecule has 0 fully saturated rings. The Bertz CT molecular complexity index is 320. The molecule has 1 atom stereocenters. The first-order chi connectivity index (χ1) is 7.63. The molecule has 16 heavy (non-hydrogen) atoms. The van der Waals surface area contributed by atoms with Crippen LogP contribution in [0.3, 0.4) is 0 Å². The molecule has 0 amide bonds. The third-order valence-electron chi connectivity index (χ3n) is 2.35. The SMILES string of the molecule is C=CCCCC(C)Nc1nnc(C(C)C)s1. The molecule has 0 aliphatic carbocycles. The number of hydrogen-bond donors (Lipinski definition) is 1. The first kappa shape index (κ1) is 13.2. The van der Waals surface area contributed by atoms with Gasteiger partial charge in [0.25, 0.3) is 0 Å². The standard InChI is InChI=1S/C12H21N3S/c1-5-6-7-8-10(4)13-12-15-14-11(16-12)9(2)3/h5,9-10H,1,6-8H2,2-4H3,(H,13,15). The van der Waals surface area contributed by atoms with E-state index in [0.717, 1.165) is 23.0 Å². The van der Waals surface area contributed by atoms with Gasteiger partial charge in [-0.25, -0.2) is 0 Å². The van der Waals surface area contributed by atoms with Gasteiger partial charge in [-0.3, -0.25) is 0 Å². The Morgan fingerprint density at radius 1 is 1.38 bits per heavy atom. The first-order valence-electron chi connectivity index (χ1n) is 5.84. The quantitative estimate of drug-likeness (QED) is 0.580. The van der Waals surface area contributed by atoms with Crippen molar-refractivity contribution in [1.82, 2.24) is 10.2 Å². The highest BCUT2D eigenvalue weighted by Crippen LogP contribution is 2.23. The molecular weight excluding hydrogens is 218 g/mol. The highest BCUT2D eigenvalue weighted by Gasteiger charge is 2.09. The van der Waals surface area contributed by atoms with Crippen LogP contribution in [-0.4, -0.2) is 16.2 Å². The lowest BCUT2D eigenvalue weighted by Crippen LogP contribution is -2.14. The summed E-state index contributed by atoms with van der Waals surface area (Å²) < 4.78 is 0. The van der Waals surface area contributed by atoms with E-state index in [0.29, 0.717) is 12.0 Å². The zero-order valence-corrected chi connectivity index (χ0v) is 11.2. The molecule has 0 spiro atoms. The number of unbranched alkanes of at least 4 members (excludes halogenated alkanes) is 1. The van der Waals surface area contributed by atoms with Gasteiger partial charge in [-0.15, -0.1) is 16.8 Å². The molecule has 90 valence electrons. The van der Waals surface area contributed by atoms with Gasteiger partial charge in [-0.2, -0.15) is 0 Å². The molecular formula is C12H21N3S. The Morgan fingerprint density at radius 2 is 2.12 bits per heavy atom. The van der Waals surface area contributed by atoms with Crippen LogP contribution >= 0.6 is 11.3 Å². The van der Waals surface area contributed by atoms with Crippen molar-refractivity contribution in [1.29, 1.82) is 0 Å². The number of anilines is 1. The maximum Gasteiger partial charge on any atom is 0.205 e. The number of rotatable bonds is 7. The van der Waals surface area contributed by atoms with Gasteiger partial charge in [-0.05, 0) is 26.2 Å². The first-order valence-corrected chi connectivity index (χ1v) is 6.66. The molecule has 1 aromatic rings. The lowest BCUT2D eigenvalue weighted by Gasteiger charge is -2.11. The Morgan fingerprint density at radius 3 is 2.69 bits per heavy atom. The van der Waals surface area contributed by atoms with Crippen LogP contribution in [0, 0.1) is 0 Å². The third-order valence-corrected chi connectivity index (χ3v) is 3.50. The van der Waals surface area contributed by atoms with E-state index < -0.39 is 0 Å². The molecule has 0 bridgehead atoms. The van der Waals surface area contributed by atoms with E-state index in [1.807, 2.05) is 6.08 Å². The van der Waals surface area contributed by atoms with Crippen LogP contribution in [0.5, 0.6) is 0 Å². The van der Waals surface area contributed by atoms with Crippen LogP contribution in [0.2, 0.25) is 0 Å². The van der Waals surface area contributed by atoms with Crippen molar-refractivity contribution >= 4 is 16.5 Å². The van der Waals surface area contributed by atoms with Crippen LogP contribution in [-0.2, 0) is 0 Å². The molecule has 3 nitrogen and oxygen atoms in total. The Labute approximate surface area is 102 Å². The summed E-state index contributed by atoms with van der Waals surface area (Å²) in [6.45, 7) is 10.2. The molecule has 0 aliphatic heterocycles. The smallest absolute Gasteiger partial charge is 0.205 e. The van der Waals surface area contributed by atoms with Crippen LogP contribution in [0.1, 0.15) is 51.0 Å². The monoisotopic (exact) mass is 239 g/mol. The second kappa shape index (κ2) is 6.63. The third kappa shape index (κ3) is 4.31. The van der Waals surface area contributed by atoms with Crippen molar-refractivity contribution in [2.24, 2.45) is 0 Å². The van der Waals surface area contributed by atoms with Crippen LogP contribution < -0.4 is 5.32 Å². The second-order valence-electron chi connectivity index (χ2n) is 4.37. The van der Waals surface area contributed by atoms with E-state index in [4.69, 9.17) is 0 Å². The average molecular weight is 239 g/mol. The highest BCUT2D eigenvalue weighted by atomic mass is 32.1. The number of allylic oxidation sites excluding steroid dienone is 1. The normalized spacial score (nSPS) is 12.8. The minimum absolute atomic E-state index is 0.452. The van der Waals surface area contributed by atoms with Gasteiger partial charge in [0.2, 0.25) is 5.13 Å². The van der Waals surface area contributed by atoms with Crippen molar-refractivity contribution < 1.29 is 0 Å². The number of hydrogen-bond acceptors (Lipinski definition) is 4. The molecule has 1 N–H and O–H groups in total. The van der Waals surface area contributed by atoms with Crippen molar-refractivity contribution in [3.63, 3.8) is 0 Å². The van der Waals surface area contributed by atoms with E-state index in [1.165, 1.54) is 6.42 Å². The molecule has 0 radical (unpaired) electrons. The highest BCUT2D eigenvalue weighted by molar-refractivity contribution is 7.15. The van der Waals surface area contributed by atoms with E-state index in [-0.39, 0.29) is 0 Å². The van der Waals surface area contributed by atoms with Crippen LogP contribution in [0.4, 0.5) is 5.13 Å². The van der Waals surface area contributed by atoms with Gasteiger partial charge in [0.1, 0.15) is 5.01 Å². The summed E-state index contributed by atoms with van der Waals surface area (Å²) in [5.74, 6) is 0.462. The molecule has 4 heteroatoms. The van der Waals surface area contributed by atoms with Gasteiger partial charge in [0, 0.05) is 12.0 Å². The van der Waals surface area contributed by atoms with Crippen LogP contribution in [0.15, 0.2) is 12.7 Å². The molecule has 1 unspecified atom stereocenters. The van der Waals surface area contributed by atoms with Crippen molar-refractivity contribution in [3.05, 3.63) is 17.7 Å². The largest absolute Gasteiger partial charge is 0.358 e. The summed E-state index contributed by atoms with van der Waals surface area (Å²) in [6.07, 6.45) is 5.37. The lowest BCUT2D eigenvalue weighted by molar-refractivity contribution is 0.661. The summed E-state index contributed by atoms with van der Waals surface area (Å²) >= 11 is 1.66. The maximum atomic E-state index is 4.16. The van der Waals surface area contributed by atoms with Gasteiger partial charge in [0.15, 0.2) is 0 Å². The zero-order valence-electron chi connectivity index (χ0n) is 10.4. The molecule has 1 heterocycles. The second-order valence-corrected chi connectivity index (χ2v) is 5.37. The topological polar surface area (TPSA) is 37.8 Å².